The lowest BCUT2D eigenvalue weighted by Crippen LogP contribution is -2.23. The van der Waals surface area contributed by atoms with Crippen molar-refractivity contribution < 1.29 is 13.8 Å². The molecular formula is C18H16N6O3. The van der Waals surface area contributed by atoms with E-state index in [1.165, 1.54) is 0 Å². The average Bonchev–Trinajstić information content (AvgIpc) is 3.46. The van der Waals surface area contributed by atoms with Gasteiger partial charge in [-0.05, 0) is 31.2 Å². The average molecular weight is 364 g/mol. The Morgan fingerprint density at radius 1 is 1.22 bits per heavy atom. The summed E-state index contributed by atoms with van der Waals surface area (Å²) in [6.07, 6.45) is 5.23. The minimum atomic E-state index is -0.398. The standard InChI is InChI=1S/C18H16N6O3/c1-2-24-8-4-6-14(24)17-21-16(27-23-17)11-20-18(25)13-9-15(26-22-13)12-5-3-7-19-10-12/h3-10H,2,11H2,1H3,(H,20,25). The molecule has 0 radical (unpaired) electrons. The van der Waals surface area contributed by atoms with Crippen molar-refractivity contribution in [2.45, 2.75) is 20.0 Å². The number of carbonyl (C=O) groups is 1. The summed E-state index contributed by atoms with van der Waals surface area (Å²) in [7, 11) is 0. The van der Waals surface area contributed by atoms with Gasteiger partial charge in [-0.3, -0.25) is 9.78 Å². The summed E-state index contributed by atoms with van der Waals surface area (Å²) >= 11 is 0. The normalized spacial score (nSPS) is 10.9. The summed E-state index contributed by atoms with van der Waals surface area (Å²) in [5.74, 6) is 0.851. The molecule has 0 unspecified atom stereocenters. The fourth-order valence-electron chi connectivity index (χ4n) is 2.60. The molecule has 9 heteroatoms. The Hall–Kier alpha value is -3.75. The lowest BCUT2D eigenvalue weighted by molar-refractivity contribution is 0.0937. The van der Waals surface area contributed by atoms with Gasteiger partial charge in [-0.25, -0.2) is 0 Å². The van der Waals surface area contributed by atoms with Crippen LogP contribution in [0.5, 0.6) is 0 Å². The smallest absolute Gasteiger partial charge is 0.273 e. The van der Waals surface area contributed by atoms with Crippen LogP contribution in [-0.4, -0.2) is 30.8 Å². The van der Waals surface area contributed by atoms with E-state index in [0.29, 0.717) is 17.5 Å². The van der Waals surface area contributed by atoms with Gasteiger partial charge in [-0.1, -0.05) is 10.3 Å². The second-order valence-corrected chi connectivity index (χ2v) is 5.69. The van der Waals surface area contributed by atoms with Crippen molar-refractivity contribution in [3.8, 4) is 22.8 Å². The van der Waals surface area contributed by atoms with Gasteiger partial charge in [-0.2, -0.15) is 4.98 Å². The third-order valence-corrected chi connectivity index (χ3v) is 3.96. The summed E-state index contributed by atoms with van der Waals surface area (Å²) < 4.78 is 12.4. The molecule has 0 aliphatic heterocycles. The fourth-order valence-corrected chi connectivity index (χ4v) is 2.60. The minimum absolute atomic E-state index is 0.0910. The molecule has 0 aromatic carbocycles. The van der Waals surface area contributed by atoms with Crippen LogP contribution in [0, 0.1) is 0 Å². The number of nitrogens with one attached hydrogen (secondary N) is 1. The quantitative estimate of drug-likeness (QED) is 0.559. The highest BCUT2D eigenvalue weighted by Gasteiger charge is 2.16. The number of aryl methyl sites for hydroxylation is 1. The highest BCUT2D eigenvalue weighted by molar-refractivity contribution is 5.92. The summed E-state index contributed by atoms with van der Waals surface area (Å²) in [5, 5.41) is 10.4. The number of pyridine rings is 1. The van der Waals surface area contributed by atoms with Crippen LogP contribution in [0.3, 0.4) is 0 Å². The molecule has 0 atom stereocenters. The van der Waals surface area contributed by atoms with Crippen LogP contribution in [0.15, 0.2) is 58.0 Å². The van der Waals surface area contributed by atoms with Gasteiger partial charge in [0.05, 0.1) is 12.2 Å². The SMILES string of the molecule is CCn1cccc1-c1noc(CNC(=O)c2cc(-c3cccnc3)on2)n1. The summed E-state index contributed by atoms with van der Waals surface area (Å²) in [4.78, 5) is 20.6. The molecule has 9 nitrogen and oxygen atoms in total. The van der Waals surface area contributed by atoms with Crippen LogP contribution < -0.4 is 5.32 Å². The fraction of sp³-hybridized carbons (Fsp3) is 0.167. The van der Waals surface area contributed by atoms with E-state index in [0.717, 1.165) is 17.8 Å². The van der Waals surface area contributed by atoms with E-state index in [2.05, 4.69) is 25.6 Å². The molecular weight excluding hydrogens is 348 g/mol. The van der Waals surface area contributed by atoms with E-state index in [-0.39, 0.29) is 12.2 Å². The summed E-state index contributed by atoms with van der Waals surface area (Å²) in [6, 6.07) is 8.98. The molecule has 0 saturated carbocycles. The van der Waals surface area contributed by atoms with E-state index in [4.69, 9.17) is 9.05 Å². The van der Waals surface area contributed by atoms with E-state index in [9.17, 15) is 4.79 Å². The molecule has 0 fully saturated rings. The molecule has 4 aromatic heterocycles. The van der Waals surface area contributed by atoms with Gasteiger partial charge < -0.3 is 18.9 Å². The Bertz CT molecular complexity index is 1050. The predicted molar refractivity (Wildman–Crippen MR) is 94.3 cm³/mol. The molecule has 136 valence electrons. The molecule has 0 saturated heterocycles. The third kappa shape index (κ3) is 3.47. The van der Waals surface area contributed by atoms with Crippen LogP contribution in [0.25, 0.3) is 22.8 Å². The first-order valence-electron chi connectivity index (χ1n) is 8.38. The van der Waals surface area contributed by atoms with Gasteiger partial charge in [0.25, 0.3) is 5.91 Å². The monoisotopic (exact) mass is 364 g/mol. The molecule has 1 amide bonds. The topological polar surface area (TPSA) is 112 Å². The van der Waals surface area contributed by atoms with Crippen molar-refractivity contribution in [3.63, 3.8) is 0 Å². The van der Waals surface area contributed by atoms with Crippen molar-refractivity contribution in [1.82, 2.24) is 30.2 Å². The van der Waals surface area contributed by atoms with Gasteiger partial charge >= 0.3 is 0 Å². The van der Waals surface area contributed by atoms with Crippen LogP contribution in [-0.2, 0) is 13.1 Å². The maximum atomic E-state index is 12.3. The molecule has 0 bridgehead atoms. The van der Waals surface area contributed by atoms with E-state index < -0.39 is 5.91 Å². The molecule has 0 spiro atoms. The zero-order valence-corrected chi connectivity index (χ0v) is 14.5. The molecule has 4 aromatic rings. The van der Waals surface area contributed by atoms with Gasteiger partial charge in [0.15, 0.2) is 11.5 Å². The van der Waals surface area contributed by atoms with Crippen LogP contribution in [0.2, 0.25) is 0 Å². The lowest BCUT2D eigenvalue weighted by atomic mass is 10.2. The second kappa shape index (κ2) is 7.24. The Morgan fingerprint density at radius 3 is 2.96 bits per heavy atom. The number of amides is 1. The first kappa shape index (κ1) is 16.7. The molecule has 0 aliphatic carbocycles. The Balaban J connectivity index is 1.41. The Kier molecular flexibility index (Phi) is 4.48. The van der Waals surface area contributed by atoms with Crippen molar-refractivity contribution in [2.24, 2.45) is 0 Å². The number of hydrogen-bond donors (Lipinski definition) is 1. The molecule has 4 rings (SSSR count). The zero-order chi connectivity index (χ0) is 18.6. The first-order chi connectivity index (χ1) is 13.2. The highest BCUT2D eigenvalue weighted by atomic mass is 16.5. The summed E-state index contributed by atoms with van der Waals surface area (Å²) in [6.45, 7) is 2.92. The number of hydrogen-bond acceptors (Lipinski definition) is 7. The first-order valence-corrected chi connectivity index (χ1v) is 8.38. The molecule has 0 aliphatic rings. The van der Waals surface area contributed by atoms with E-state index in [1.807, 2.05) is 35.9 Å². The van der Waals surface area contributed by atoms with Crippen molar-refractivity contribution in [3.05, 3.63) is 60.5 Å². The Labute approximate surface area is 154 Å². The van der Waals surface area contributed by atoms with Gasteiger partial charge in [0.1, 0.15) is 0 Å². The van der Waals surface area contributed by atoms with Crippen LogP contribution in [0.1, 0.15) is 23.3 Å². The van der Waals surface area contributed by atoms with Crippen molar-refractivity contribution in [1.29, 1.82) is 0 Å². The number of rotatable bonds is 6. The molecule has 27 heavy (non-hydrogen) atoms. The second-order valence-electron chi connectivity index (χ2n) is 5.69. The van der Waals surface area contributed by atoms with Crippen LogP contribution in [0.4, 0.5) is 0 Å². The number of aromatic nitrogens is 5. The number of carbonyl (C=O) groups excluding carboxylic acids is 1. The van der Waals surface area contributed by atoms with Crippen molar-refractivity contribution in [2.75, 3.05) is 0 Å². The largest absolute Gasteiger partial charge is 0.355 e. The lowest BCUT2D eigenvalue weighted by Gasteiger charge is -2.00. The van der Waals surface area contributed by atoms with E-state index in [1.54, 1.807) is 24.5 Å². The van der Waals surface area contributed by atoms with E-state index >= 15 is 0 Å². The molecule has 1 N–H and O–H groups in total. The third-order valence-electron chi connectivity index (χ3n) is 3.96. The van der Waals surface area contributed by atoms with Gasteiger partial charge in [-0.15, -0.1) is 0 Å². The highest BCUT2D eigenvalue weighted by Crippen LogP contribution is 2.19. The minimum Gasteiger partial charge on any atom is -0.355 e. The van der Waals surface area contributed by atoms with Crippen molar-refractivity contribution >= 4 is 5.91 Å². The predicted octanol–water partition coefficient (Wildman–Crippen LogP) is 2.54. The zero-order valence-electron chi connectivity index (χ0n) is 14.5. The maximum absolute atomic E-state index is 12.3. The maximum Gasteiger partial charge on any atom is 0.273 e. The summed E-state index contributed by atoms with van der Waals surface area (Å²) in [5.41, 5.74) is 1.76. The van der Waals surface area contributed by atoms with Gasteiger partial charge in [0.2, 0.25) is 11.7 Å². The number of nitrogens with zero attached hydrogens (tertiary/aromatic N) is 5. The van der Waals surface area contributed by atoms with Gasteiger partial charge in [0, 0.05) is 36.8 Å². The van der Waals surface area contributed by atoms with Crippen LogP contribution >= 0.6 is 0 Å². The Morgan fingerprint density at radius 2 is 2.15 bits per heavy atom. The molecule has 4 heterocycles.